The van der Waals surface area contributed by atoms with Crippen LogP contribution in [0.1, 0.15) is 33.3 Å². The third kappa shape index (κ3) is 5.03. The first kappa shape index (κ1) is 21.9. The predicted molar refractivity (Wildman–Crippen MR) is 115 cm³/mol. The van der Waals surface area contributed by atoms with Crippen LogP contribution in [0.15, 0.2) is 65.5 Å². The first-order valence-electron chi connectivity index (χ1n) is 9.76. The molecule has 0 aliphatic carbocycles. The van der Waals surface area contributed by atoms with Gasteiger partial charge in [0.05, 0.1) is 5.69 Å². The van der Waals surface area contributed by atoms with Gasteiger partial charge in [-0.3, -0.25) is 14.4 Å². The Morgan fingerprint density at radius 3 is 2.16 bits per heavy atom. The van der Waals surface area contributed by atoms with Crippen molar-refractivity contribution in [2.24, 2.45) is 0 Å². The highest BCUT2D eigenvalue weighted by atomic mass is 19.1. The Hall–Kier alpha value is -3.81. The van der Waals surface area contributed by atoms with E-state index in [4.69, 9.17) is 0 Å². The number of aromatic nitrogens is 2. The molecule has 160 valence electrons. The molecule has 0 spiro atoms. The van der Waals surface area contributed by atoms with E-state index in [0.717, 1.165) is 10.2 Å². The molecule has 3 aromatic rings. The second-order valence-electron chi connectivity index (χ2n) is 7.16. The second kappa shape index (κ2) is 9.34. The van der Waals surface area contributed by atoms with Crippen LogP contribution >= 0.6 is 0 Å². The number of benzene rings is 2. The summed E-state index contributed by atoms with van der Waals surface area (Å²) in [5.74, 6) is -0.867. The van der Waals surface area contributed by atoms with Crippen LogP contribution in [-0.2, 0) is 6.54 Å². The highest BCUT2D eigenvalue weighted by Crippen LogP contribution is 2.12. The molecule has 1 heterocycles. The summed E-state index contributed by atoms with van der Waals surface area (Å²) in [4.78, 5) is 40.3. The molecule has 0 aliphatic heterocycles. The lowest BCUT2D eigenvalue weighted by atomic mass is 10.1. The zero-order chi connectivity index (χ0) is 22.5. The van der Waals surface area contributed by atoms with Gasteiger partial charge in [-0.05, 0) is 55.0 Å². The minimum Gasteiger partial charge on any atom is -0.345 e. The topological polar surface area (TPSA) is 75.5 Å². The molecule has 0 atom stereocenters. The second-order valence-corrected chi connectivity index (χ2v) is 7.16. The summed E-state index contributed by atoms with van der Waals surface area (Å²) in [6, 6.07) is 15.0. The van der Waals surface area contributed by atoms with E-state index in [1.807, 2.05) is 6.92 Å². The van der Waals surface area contributed by atoms with Gasteiger partial charge in [-0.1, -0.05) is 12.1 Å². The van der Waals surface area contributed by atoms with E-state index in [9.17, 15) is 18.8 Å². The molecule has 0 fully saturated rings. The van der Waals surface area contributed by atoms with Crippen LogP contribution in [0.25, 0.3) is 5.69 Å². The fourth-order valence-corrected chi connectivity index (χ4v) is 3.01. The van der Waals surface area contributed by atoms with Crippen molar-refractivity contribution < 1.29 is 14.0 Å². The van der Waals surface area contributed by atoms with E-state index >= 15 is 0 Å². The van der Waals surface area contributed by atoms with Crippen molar-refractivity contribution in [2.45, 2.75) is 13.5 Å². The SMILES string of the molecule is CCN(Cc1ccc(C(=O)N(C)C)cc1)C(=O)c1ccc(=O)n(-c2ccc(F)cc2)n1. The molecule has 1 aromatic heterocycles. The van der Waals surface area contributed by atoms with Gasteiger partial charge in [-0.15, -0.1) is 0 Å². The first-order chi connectivity index (χ1) is 14.8. The Morgan fingerprint density at radius 1 is 0.935 bits per heavy atom. The molecule has 0 unspecified atom stereocenters. The molecule has 7 nitrogen and oxygen atoms in total. The van der Waals surface area contributed by atoms with Gasteiger partial charge in [-0.25, -0.2) is 4.39 Å². The molecule has 0 aliphatic rings. The monoisotopic (exact) mass is 422 g/mol. The van der Waals surface area contributed by atoms with Crippen molar-refractivity contribution in [1.29, 1.82) is 0 Å². The van der Waals surface area contributed by atoms with Crippen LogP contribution in [0.4, 0.5) is 4.39 Å². The Morgan fingerprint density at radius 2 is 1.58 bits per heavy atom. The smallest absolute Gasteiger partial charge is 0.274 e. The van der Waals surface area contributed by atoms with Crippen molar-refractivity contribution in [3.8, 4) is 5.69 Å². The van der Waals surface area contributed by atoms with Crippen molar-refractivity contribution in [1.82, 2.24) is 19.6 Å². The molecule has 31 heavy (non-hydrogen) atoms. The molecular weight excluding hydrogens is 399 g/mol. The number of carbonyl (C=O) groups is 2. The Balaban J connectivity index is 1.82. The van der Waals surface area contributed by atoms with Crippen LogP contribution in [0.3, 0.4) is 0 Å². The molecule has 0 saturated carbocycles. The van der Waals surface area contributed by atoms with Crippen LogP contribution in [0.5, 0.6) is 0 Å². The summed E-state index contributed by atoms with van der Waals surface area (Å²) in [7, 11) is 3.37. The van der Waals surface area contributed by atoms with E-state index in [0.29, 0.717) is 24.3 Å². The highest BCUT2D eigenvalue weighted by molar-refractivity contribution is 5.94. The van der Waals surface area contributed by atoms with Crippen LogP contribution in [0.2, 0.25) is 0 Å². The van der Waals surface area contributed by atoms with Crippen LogP contribution in [0, 0.1) is 5.82 Å². The van der Waals surface area contributed by atoms with Gasteiger partial charge in [0.2, 0.25) is 0 Å². The average Bonchev–Trinajstić information content (AvgIpc) is 2.78. The summed E-state index contributed by atoms with van der Waals surface area (Å²) < 4.78 is 14.3. The fraction of sp³-hybridized carbons (Fsp3) is 0.217. The normalized spacial score (nSPS) is 10.6. The Kier molecular flexibility index (Phi) is 6.59. The molecular formula is C23H23FN4O3. The lowest BCUT2D eigenvalue weighted by molar-refractivity contribution is 0.0743. The summed E-state index contributed by atoms with van der Waals surface area (Å²) in [6.07, 6.45) is 0. The number of nitrogens with zero attached hydrogens (tertiary/aromatic N) is 4. The van der Waals surface area contributed by atoms with Crippen LogP contribution < -0.4 is 5.56 Å². The summed E-state index contributed by atoms with van der Waals surface area (Å²) in [5, 5.41) is 4.18. The van der Waals surface area contributed by atoms with E-state index in [1.54, 1.807) is 43.3 Å². The maximum absolute atomic E-state index is 13.2. The number of halogens is 1. The van der Waals surface area contributed by atoms with Crippen LogP contribution in [-0.4, -0.2) is 52.0 Å². The molecule has 3 rings (SSSR count). The zero-order valence-corrected chi connectivity index (χ0v) is 17.6. The Labute approximate surface area is 179 Å². The van der Waals surface area contributed by atoms with Gasteiger partial charge in [0.15, 0.2) is 0 Å². The third-order valence-corrected chi connectivity index (χ3v) is 4.74. The molecule has 2 aromatic carbocycles. The summed E-state index contributed by atoms with van der Waals surface area (Å²) >= 11 is 0. The van der Waals surface area contributed by atoms with Gasteiger partial charge in [0.1, 0.15) is 11.5 Å². The highest BCUT2D eigenvalue weighted by Gasteiger charge is 2.18. The number of hydrogen-bond acceptors (Lipinski definition) is 4. The number of hydrogen-bond donors (Lipinski definition) is 0. The Bertz CT molecular complexity index is 1140. The van der Waals surface area contributed by atoms with Gasteiger partial charge in [0, 0.05) is 38.8 Å². The molecule has 0 saturated heterocycles. The zero-order valence-electron chi connectivity index (χ0n) is 17.6. The standard InChI is InChI=1S/C23H23FN4O3/c1-4-27(15-16-5-7-17(8-6-16)22(30)26(2)3)23(31)20-13-14-21(29)28(25-20)19-11-9-18(24)10-12-19/h5-14H,4,15H2,1-3H3. The van der Waals surface area contributed by atoms with E-state index in [1.165, 1.54) is 41.3 Å². The van der Waals surface area contributed by atoms with Crippen molar-refractivity contribution in [3.63, 3.8) is 0 Å². The van der Waals surface area contributed by atoms with E-state index in [2.05, 4.69) is 5.10 Å². The molecule has 8 heteroatoms. The summed E-state index contributed by atoms with van der Waals surface area (Å²) in [5.41, 5.74) is 1.47. The van der Waals surface area contributed by atoms with Crippen molar-refractivity contribution >= 4 is 11.8 Å². The predicted octanol–water partition coefficient (Wildman–Crippen LogP) is 2.74. The largest absolute Gasteiger partial charge is 0.345 e. The molecule has 2 amide bonds. The number of carbonyl (C=O) groups excluding carboxylic acids is 2. The average molecular weight is 422 g/mol. The minimum atomic E-state index is -0.431. The van der Waals surface area contributed by atoms with E-state index in [-0.39, 0.29) is 17.5 Å². The maximum atomic E-state index is 13.2. The maximum Gasteiger partial charge on any atom is 0.274 e. The lowest BCUT2D eigenvalue weighted by Gasteiger charge is -2.21. The molecule has 0 bridgehead atoms. The van der Waals surface area contributed by atoms with Gasteiger partial charge in [-0.2, -0.15) is 9.78 Å². The summed E-state index contributed by atoms with van der Waals surface area (Å²) in [6.45, 7) is 2.59. The molecule has 0 N–H and O–H groups in total. The first-order valence-corrected chi connectivity index (χ1v) is 9.76. The fourth-order valence-electron chi connectivity index (χ4n) is 3.01. The number of amides is 2. The van der Waals surface area contributed by atoms with E-state index < -0.39 is 11.4 Å². The third-order valence-electron chi connectivity index (χ3n) is 4.74. The quantitative estimate of drug-likeness (QED) is 0.612. The molecule has 0 radical (unpaired) electrons. The lowest BCUT2D eigenvalue weighted by Crippen LogP contribution is -2.33. The minimum absolute atomic E-state index is 0.0952. The number of rotatable bonds is 6. The van der Waals surface area contributed by atoms with Crippen molar-refractivity contribution in [3.05, 3.63) is 93.7 Å². The van der Waals surface area contributed by atoms with Crippen molar-refractivity contribution in [2.75, 3.05) is 20.6 Å². The van der Waals surface area contributed by atoms with Gasteiger partial charge >= 0.3 is 0 Å². The van der Waals surface area contributed by atoms with Gasteiger partial charge < -0.3 is 9.80 Å². The van der Waals surface area contributed by atoms with Gasteiger partial charge in [0.25, 0.3) is 17.4 Å².